The maximum absolute atomic E-state index is 10.6. The summed E-state index contributed by atoms with van der Waals surface area (Å²) in [5, 5.41) is 8.75. The van der Waals surface area contributed by atoms with Crippen LogP contribution in [0.25, 0.3) is 0 Å². The Labute approximate surface area is 120 Å². The van der Waals surface area contributed by atoms with E-state index in [2.05, 4.69) is 28.7 Å². The highest BCUT2D eigenvalue weighted by Gasteiger charge is 2.25. The molecule has 110 valence electrons. The van der Waals surface area contributed by atoms with Crippen LogP contribution in [-0.2, 0) is 4.79 Å². The van der Waals surface area contributed by atoms with Crippen LogP contribution in [-0.4, -0.2) is 34.1 Å². The lowest BCUT2D eigenvalue weighted by Gasteiger charge is -2.18. The predicted octanol–water partition coefficient (Wildman–Crippen LogP) is 2.60. The molecule has 1 atom stereocenters. The van der Waals surface area contributed by atoms with Crippen LogP contribution in [0.5, 0.6) is 0 Å². The number of carboxylic acids is 1. The van der Waals surface area contributed by atoms with E-state index in [-0.39, 0.29) is 6.42 Å². The predicted molar refractivity (Wildman–Crippen MR) is 78.0 cm³/mol. The summed E-state index contributed by atoms with van der Waals surface area (Å²) < 4.78 is 0. The number of rotatable bonds is 5. The Kier molecular flexibility index (Phi) is 4.57. The monoisotopic (exact) mass is 277 g/mol. The van der Waals surface area contributed by atoms with Crippen molar-refractivity contribution >= 4 is 11.9 Å². The molecule has 1 aliphatic heterocycles. The molecule has 1 fully saturated rings. The molecular weight excluding hydrogens is 254 g/mol. The third-order valence-electron chi connectivity index (χ3n) is 3.79. The van der Waals surface area contributed by atoms with E-state index >= 15 is 0 Å². The zero-order valence-electron chi connectivity index (χ0n) is 12.5. The standard InChI is InChI=1S/C15H23N3O2/c1-10(2)13-8-11(3)16-15(17-13)18-7-6-12(9-18)4-5-14(19)20/h8,10,12H,4-7,9H2,1-3H3,(H,19,20). The number of aryl methyl sites for hydroxylation is 1. The van der Waals surface area contributed by atoms with Crippen LogP contribution in [0.2, 0.25) is 0 Å². The van der Waals surface area contributed by atoms with E-state index in [0.717, 1.165) is 43.3 Å². The van der Waals surface area contributed by atoms with E-state index in [4.69, 9.17) is 5.11 Å². The maximum atomic E-state index is 10.6. The van der Waals surface area contributed by atoms with E-state index < -0.39 is 5.97 Å². The fourth-order valence-corrected chi connectivity index (χ4v) is 2.59. The quantitative estimate of drug-likeness (QED) is 0.896. The molecule has 2 heterocycles. The first-order valence-electron chi connectivity index (χ1n) is 7.28. The topological polar surface area (TPSA) is 66.3 Å². The van der Waals surface area contributed by atoms with Gasteiger partial charge in [0, 0.05) is 30.9 Å². The molecule has 1 aliphatic rings. The molecule has 5 nitrogen and oxygen atoms in total. The minimum absolute atomic E-state index is 0.254. The number of hydrogen-bond donors (Lipinski definition) is 1. The number of carbonyl (C=O) groups is 1. The highest BCUT2D eigenvalue weighted by atomic mass is 16.4. The van der Waals surface area contributed by atoms with Gasteiger partial charge in [-0.1, -0.05) is 13.8 Å². The van der Waals surface area contributed by atoms with E-state index in [1.54, 1.807) is 0 Å². The van der Waals surface area contributed by atoms with Crippen molar-refractivity contribution in [3.05, 3.63) is 17.5 Å². The van der Waals surface area contributed by atoms with Crippen molar-refractivity contribution in [3.63, 3.8) is 0 Å². The van der Waals surface area contributed by atoms with Crippen molar-refractivity contribution in [2.75, 3.05) is 18.0 Å². The zero-order valence-corrected chi connectivity index (χ0v) is 12.5. The van der Waals surface area contributed by atoms with E-state index in [1.165, 1.54) is 0 Å². The number of carboxylic acid groups (broad SMARTS) is 1. The second kappa shape index (κ2) is 6.20. The average Bonchev–Trinajstić information content (AvgIpc) is 2.84. The molecule has 2 rings (SSSR count). The highest BCUT2D eigenvalue weighted by molar-refractivity contribution is 5.66. The summed E-state index contributed by atoms with van der Waals surface area (Å²) in [5.41, 5.74) is 2.06. The van der Waals surface area contributed by atoms with Gasteiger partial charge in [0.1, 0.15) is 0 Å². The van der Waals surface area contributed by atoms with Crippen molar-refractivity contribution in [3.8, 4) is 0 Å². The van der Waals surface area contributed by atoms with Gasteiger partial charge in [0.05, 0.1) is 0 Å². The van der Waals surface area contributed by atoms with Crippen LogP contribution in [0.4, 0.5) is 5.95 Å². The van der Waals surface area contributed by atoms with Crippen molar-refractivity contribution < 1.29 is 9.90 Å². The van der Waals surface area contributed by atoms with Gasteiger partial charge < -0.3 is 10.0 Å². The summed E-state index contributed by atoms with van der Waals surface area (Å²) in [6.07, 6.45) is 2.03. The van der Waals surface area contributed by atoms with Crippen molar-refractivity contribution in [2.45, 2.75) is 46.0 Å². The Morgan fingerprint density at radius 3 is 2.90 bits per heavy atom. The molecule has 1 unspecified atom stereocenters. The zero-order chi connectivity index (χ0) is 14.7. The third kappa shape index (κ3) is 3.68. The van der Waals surface area contributed by atoms with Crippen LogP contribution < -0.4 is 4.90 Å². The fraction of sp³-hybridized carbons (Fsp3) is 0.667. The smallest absolute Gasteiger partial charge is 0.303 e. The number of aliphatic carboxylic acids is 1. The van der Waals surface area contributed by atoms with Gasteiger partial charge in [-0.2, -0.15) is 0 Å². The lowest BCUT2D eigenvalue weighted by atomic mass is 10.0. The molecule has 0 aliphatic carbocycles. The molecule has 1 N–H and O–H groups in total. The van der Waals surface area contributed by atoms with Gasteiger partial charge in [0.25, 0.3) is 0 Å². The molecule has 0 spiro atoms. The molecule has 0 bridgehead atoms. The SMILES string of the molecule is Cc1cc(C(C)C)nc(N2CCC(CCC(=O)O)C2)n1. The molecule has 5 heteroatoms. The van der Waals surface area contributed by atoms with E-state index in [9.17, 15) is 4.79 Å². The first-order valence-corrected chi connectivity index (χ1v) is 7.28. The van der Waals surface area contributed by atoms with Crippen LogP contribution in [0.15, 0.2) is 6.07 Å². The van der Waals surface area contributed by atoms with Crippen LogP contribution >= 0.6 is 0 Å². The van der Waals surface area contributed by atoms with E-state index in [1.807, 2.05) is 13.0 Å². The second-order valence-corrected chi connectivity index (χ2v) is 5.92. The molecule has 1 aromatic heterocycles. The van der Waals surface area contributed by atoms with Gasteiger partial charge in [-0.15, -0.1) is 0 Å². The van der Waals surface area contributed by atoms with Crippen molar-refractivity contribution in [1.82, 2.24) is 9.97 Å². The van der Waals surface area contributed by atoms with Gasteiger partial charge in [0.2, 0.25) is 5.95 Å². The molecule has 0 amide bonds. The summed E-state index contributed by atoms with van der Waals surface area (Å²) in [4.78, 5) is 22.0. The third-order valence-corrected chi connectivity index (χ3v) is 3.79. The molecule has 0 saturated carbocycles. The molecule has 20 heavy (non-hydrogen) atoms. The summed E-state index contributed by atoms with van der Waals surface area (Å²) in [6, 6.07) is 2.03. The van der Waals surface area contributed by atoms with Crippen molar-refractivity contribution in [1.29, 1.82) is 0 Å². The lowest BCUT2D eigenvalue weighted by Crippen LogP contribution is -2.23. The van der Waals surface area contributed by atoms with Gasteiger partial charge in [0.15, 0.2) is 0 Å². The Bertz CT molecular complexity index is 488. The molecule has 1 aromatic rings. The number of aromatic nitrogens is 2. The number of anilines is 1. The van der Waals surface area contributed by atoms with Crippen LogP contribution in [0, 0.1) is 12.8 Å². The summed E-state index contributed by atoms with van der Waals surface area (Å²) in [5.74, 6) is 0.919. The Morgan fingerprint density at radius 2 is 2.25 bits per heavy atom. The normalized spacial score (nSPS) is 18.8. The van der Waals surface area contributed by atoms with E-state index in [0.29, 0.717) is 11.8 Å². The molecule has 0 aromatic carbocycles. The second-order valence-electron chi connectivity index (χ2n) is 5.92. The average molecular weight is 277 g/mol. The lowest BCUT2D eigenvalue weighted by molar-refractivity contribution is -0.137. The Balaban J connectivity index is 2.04. The summed E-state index contributed by atoms with van der Waals surface area (Å²) in [7, 11) is 0. The van der Waals surface area contributed by atoms with Crippen LogP contribution in [0.3, 0.4) is 0 Å². The van der Waals surface area contributed by atoms with Crippen LogP contribution in [0.1, 0.15) is 50.4 Å². The molecular formula is C15H23N3O2. The van der Waals surface area contributed by atoms with Crippen molar-refractivity contribution in [2.24, 2.45) is 5.92 Å². The number of nitrogens with zero attached hydrogens (tertiary/aromatic N) is 3. The van der Waals surface area contributed by atoms with Gasteiger partial charge in [-0.25, -0.2) is 9.97 Å². The minimum Gasteiger partial charge on any atom is -0.481 e. The highest BCUT2D eigenvalue weighted by Crippen LogP contribution is 2.25. The summed E-state index contributed by atoms with van der Waals surface area (Å²) in [6.45, 7) is 8.05. The largest absolute Gasteiger partial charge is 0.481 e. The number of hydrogen-bond acceptors (Lipinski definition) is 4. The first kappa shape index (κ1) is 14.8. The summed E-state index contributed by atoms with van der Waals surface area (Å²) >= 11 is 0. The Morgan fingerprint density at radius 1 is 1.50 bits per heavy atom. The first-order chi connectivity index (χ1) is 9.45. The van der Waals surface area contributed by atoms with Gasteiger partial charge >= 0.3 is 5.97 Å². The molecule has 1 saturated heterocycles. The fourth-order valence-electron chi connectivity index (χ4n) is 2.59. The van der Waals surface area contributed by atoms with Gasteiger partial charge in [-0.3, -0.25) is 4.79 Å². The molecule has 0 radical (unpaired) electrons. The minimum atomic E-state index is -0.711. The van der Waals surface area contributed by atoms with Gasteiger partial charge in [-0.05, 0) is 37.7 Å². The maximum Gasteiger partial charge on any atom is 0.303 e. The Hall–Kier alpha value is -1.65.